The van der Waals surface area contributed by atoms with Gasteiger partial charge in [0.15, 0.2) is 0 Å². The van der Waals surface area contributed by atoms with E-state index in [4.69, 9.17) is 0 Å². The first kappa shape index (κ1) is 19.8. The van der Waals surface area contributed by atoms with Crippen LogP contribution in [0.3, 0.4) is 0 Å². The van der Waals surface area contributed by atoms with Gasteiger partial charge in [0.2, 0.25) is 5.91 Å². The first-order chi connectivity index (χ1) is 11.3. The van der Waals surface area contributed by atoms with Crippen LogP contribution in [-0.2, 0) is 4.79 Å². The number of rotatable bonds is 7. The highest BCUT2D eigenvalue weighted by molar-refractivity contribution is 5.86. The SMILES string of the molecule is CC(C)[C@@H](NC(=O)N[C@@H](C)C(=O)NCCF)c1ccc(F)cc1F. The average molecular weight is 345 g/mol. The lowest BCUT2D eigenvalue weighted by molar-refractivity contribution is -0.122. The number of halogens is 3. The number of benzene rings is 1. The van der Waals surface area contributed by atoms with E-state index >= 15 is 0 Å². The molecular formula is C16H22F3N3O2. The minimum Gasteiger partial charge on any atom is -0.352 e. The molecule has 0 aliphatic heterocycles. The lowest BCUT2D eigenvalue weighted by Crippen LogP contribution is -2.50. The molecule has 1 rings (SSSR count). The van der Waals surface area contributed by atoms with Gasteiger partial charge in [-0.3, -0.25) is 4.79 Å². The Hall–Kier alpha value is -2.25. The molecule has 0 aromatic heterocycles. The third kappa shape index (κ3) is 5.75. The second kappa shape index (κ2) is 9.14. The summed E-state index contributed by atoms with van der Waals surface area (Å²) < 4.78 is 39.0. The third-order valence-corrected chi connectivity index (χ3v) is 3.39. The van der Waals surface area contributed by atoms with E-state index in [1.165, 1.54) is 13.0 Å². The summed E-state index contributed by atoms with van der Waals surface area (Å²) >= 11 is 0. The quantitative estimate of drug-likeness (QED) is 0.710. The van der Waals surface area contributed by atoms with Gasteiger partial charge >= 0.3 is 6.03 Å². The van der Waals surface area contributed by atoms with E-state index < -0.39 is 42.3 Å². The van der Waals surface area contributed by atoms with Crippen LogP contribution in [0.2, 0.25) is 0 Å². The molecule has 24 heavy (non-hydrogen) atoms. The fraction of sp³-hybridized carbons (Fsp3) is 0.500. The van der Waals surface area contributed by atoms with Crippen LogP contribution in [0.1, 0.15) is 32.4 Å². The van der Waals surface area contributed by atoms with E-state index in [2.05, 4.69) is 16.0 Å². The molecule has 0 saturated heterocycles. The summed E-state index contributed by atoms with van der Waals surface area (Å²) in [5.74, 6) is -2.17. The number of carbonyl (C=O) groups excluding carboxylic acids is 2. The van der Waals surface area contributed by atoms with Crippen molar-refractivity contribution in [3.05, 3.63) is 35.4 Å². The van der Waals surface area contributed by atoms with Gasteiger partial charge in [0.25, 0.3) is 0 Å². The highest BCUT2D eigenvalue weighted by atomic mass is 19.1. The van der Waals surface area contributed by atoms with Crippen molar-refractivity contribution >= 4 is 11.9 Å². The molecule has 0 fully saturated rings. The largest absolute Gasteiger partial charge is 0.352 e. The molecule has 5 nitrogen and oxygen atoms in total. The van der Waals surface area contributed by atoms with Crippen LogP contribution in [0.15, 0.2) is 18.2 Å². The van der Waals surface area contributed by atoms with Gasteiger partial charge in [-0.1, -0.05) is 19.9 Å². The second-order valence-corrected chi connectivity index (χ2v) is 5.71. The third-order valence-electron chi connectivity index (χ3n) is 3.39. The summed E-state index contributed by atoms with van der Waals surface area (Å²) in [7, 11) is 0. The highest BCUT2D eigenvalue weighted by Crippen LogP contribution is 2.24. The van der Waals surface area contributed by atoms with Crippen LogP contribution < -0.4 is 16.0 Å². The van der Waals surface area contributed by atoms with Crippen LogP contribution in [-0.4, -0.2) is 31.2 Å². The molecule has 0 aliphatic carbocycles. The molecule has 134 valence electrons. The molecule has 0 heterocycles. The van der Waals surface area contributed by atoms with E-state index in [1.807, 2.05) is 0 Å². The molecule has 0 spiro atoms. The maximum Gasteiger partial charge on any atom is 0.315 e. The Kier molecular flexibility index (Phi) is 7.54. The summed E-state index contributed by atoms with van der Waals surface area (Å²) in [4.78, 5) is 23.6. The summed E-state index contributed by atoms with van der Waals surface area (Å²) in [6.45, 7) is 4.14. The number of carbonyl (C=O) groups is 2. The molecule has 0 aliphatic rings. The molecule has 0 radical (unpaired) electrons. The Balaban J connectivity index is 2.75. The molecule has 8 heteroatoms. The normalized spacial score (nSPS) is 13.3. The zero-order valence-corrected chi connectivity index (χ0v) is 13.8. The van der Waals surface area contributed by atoms with Gasteiger partial charge in [0.05, 0.1) is 6.04 Å². The van der Waals surface area contributed by atoms with E-state index in [1.54, 1.807) is 13.8 Å². The fourth-order valence-electron chi connectivity index (χ4n) is 2.13. The van der Waals surface area contributed by atoms with E-state index in [-0.39, 0.29) is 18.0 Å². The molecule has 3 amide bonds. The molecule has 0 unspecified atom stereocenters. The summed E-state index contributed by atoms with van der Waals surface area (Å²) in [6, 6.07) is 0.861. The van der Waals surface area contributed by atoms with Crippen molar-refractivity contribution in [1.29, 1.82) is 0 Å². The van der Waals surface area contributed by atoms with Crippen molar-refractivity contribution in [2.75, 3.05) is 13.2 Å². The number of alkyl halides is 1. The minimum absolute atomic E-state index is 0.137. The van der Waals surface area contributed by atoms with E-state index in [0.29, 0.717) is 0 Å². The Morgan fingerprint density at radius 2 is 1.79 bits per heavy atom. The summed E-state index contributed by atoms with van der Waals surface area (Å²) in [5.41, 5.74) is 0.149. The number of amides is 3. The Labute approximate surface area is 139 Å². The molecule has 0 bridgehead atoms. The van der Waals surface area contributed by atoms with Gasteiger partial charge in [-0.15, -0.1) is 0 Å². The maximum absolute atomic E-state index is 13.9. The minimum atomic E-state index is -0.887. The molecule has 1 aromatic rings. The first-order valence-corrected chi connectivity index (χ1v) is 7.62. The van der Waals surface area contributed by atoms with Crippen molar-refractivity contribution in [3.63, 3.8) is 0 Å². The van der Waals surface area contributed by atoms with Crippen LogP contribution in [0.5, 0.6) is 0 Å². The average Bonchev–Trinajstić information content (AvgIpc) is 2.50. The molecule has 3 N–H and O–H groups in total. The van der Waals surface area contributed by atoms with Crippen molar-refractivity contribution in [2.24, 2.45) is 5.92 Å². The smallest absolute Gasteiger partial charge is 0.315 e. The van der Waals surface area contributed by atoms with Crippen molar-refractivity contribution in [1.82, 2.24) is 16.0 Å². The van der Waals surface area contributed by atoms with Crippen molar-refractivity contribution in [3.8, 4) is 0 Å². The van der Waals surface area contributed by atoms with Gasteiger partial charge < -0.3 is 16.0 Å². The highest BCUT2D eigenvalue weighted by Gasteiger charge is 2.23. The van der Waals surface area contributed by atoms with Crippen LogP contribution in [0, 0.1) is 17.6 Å². The maximum atomic E-state index is 13.9. The van der Waals surface area contributed by atoms with Crippen LogP contribution in [0.4, 0.5) is 18.0 Å². The molecule has 2 atom stereocenters. The number of urea groups is 1. The monoisotopic (exact) mass is 345 g/mol. The first-order valence-electron chi connectivity index (χ1n) is 7.62. The zero-order chi connectivity index (χ0) is 18.3. The lowest BCUT2D eigenvalue weighted by atomic mass is 9.95. The summed E-state index contributed by atoms with van der Waals surface area (Å²) in [5, 5.41) is 7.26. The Bertz CT molecular complexity index is 582. The summed E-state index contributed by atoms with van der Waals surface area (Å²) in [6.07, 6.45) is 0. The van der Waals surface area contributed by atoms with Gasteiger partial charge in [-0.05, 0) is 18.9 Å². The predicted octanol–water partition coefficient (Wildman–Crippen LogP) is 2.44. The number of hydrogen-bond donors (Lipinski definition) is 3. The van der Waals surface area contributed by atoms with Gasteiger partial charge in [0, 0.05) is 18.2 Å². The lowest BCUT2D eigenvalue weighted by Gasteiger charge is -2.24. The van der Waals surface area contributed by atoms with Gasteiger partial charge in [0.1, 0.15) is 24.4 Å². The zero-order valence-electron chi connectivity index (χ0n) is 13.8. The molecule has 0 saturated carbocycles. The molecule has 1 aromatic carbocycles. The van der Waals surface area contributed by atoms with E-state index in [9.17, 15) is 22.8 Å². The number of nitrogens with one attached hydrogen (secondary N) is 3. The Morgan fingerprint density at radius 3 is 2.33 bits per heavy atom. The van der Waals surface area contributed by atoms with Crippen LogP contribution >= 0.6 is 0 Å². The van der Waals surface area contributed by atoms with Gasteiger partial charge in [-0.2, -0.15) is 0 Å². The van der Waals surface area contributed by atoms with Crippen molar-refractivity contribution in [2.45, 2.75) is 32.9 Å². The fourth-order valence-corrected chi connectivity index (χ4v) is 2.13. The number of hydrogen-bond acceptors (Lipinski definition) is 2. The van der Waals surface area contributed by atoms with E-state index in [0.717, 1.165) is 12.1 Å². The topological polar surface area (TPSA) is 70.2 Å². The van der Waals surface area contributed by atoms with Gasteiger partial charge in [-0.25, -0.2) is 18.0 Å². The molecular weight excluding hydrogens is 323 g/mol. The Morgan fingerprint density at radius 1 is 1.12 bits per heavy atom. The second-order valence-electron chi connectivity index (χ2n) is 5.71. The standard InChI is InChI=1S/C16H22F3N3O2/c1-9(2)14(12-5-4-11(18)8-13(12)19)22-16(24)21-10(3)15(23)20-7-6-17/h4-5,8-10,14H,6-7H2,1-3H3,(H,20,23)(H2,21,22,24)/t10-,14+/m0/s1. The predicted molar refractivity (Wildman–Crippen MR) is 84.1 cm³/mol. The van der Waals surface area contributed by atoms with Crippen LogP contribution in [0.25, 0.3) is 0 Å². The van der Waals surface area contributed by atoms with Crippen molar-refractivity contribution < 1.29 is 22.8 Å².